The van der Waals surface area contributed by atoms with Crippen molar-refractivity contribution in [2.24, 2.45) is 5.92 Å². The molecule has 1 atom stereocenters. The Kier molecular flexibility index (Phi) is 3.04. The van der Waals surface area contributed by atoms with Gasteiger partial charge in [0.2, 0.25) is 0 Å². The van der Waals surface area contributed by atoms with E-state index in [-0.39, 0.29) is 11.7 Å². The minimum atomic E-state index is 0.0537. The van der Waals surface area contributed by atoms with Gasteiger partial charge in [0, 0.05) is 34.8 Å². The first-order chi connectivity index (χ1) is 8.74. The Morgan fingerprint density at radius 1 is 1.44 bits per heavy atom. The van der Waals surface area contributed by atoms with Crippen molar-refractivity contribution in [3.8, 4) is 0 Å². The van der Waals surface area contributed by atoms with Crippen LogP contribution in [0, 0.1) is 5.92 Å². The van der Waals surface area contributed by atoms with Crippen LogP contribution in [-0.2, 0) is 12.8 Å². The molecule has 0 fully saturated rings. The molecule has 0 bridgehead atoms. The van der Waals surface area contributed by atoms with Gasteiger partial charge in [-0.1, -0.05) is 22.0 Å². The number of Topliss-reactive ketones (excluding diaryl/α,β-unsaturated/α-hetero) is 1. The van der Waals surface area contributed by atoms with Crippen LogP contribution in [0.3, 0.4) is 0 Å². The van der Waals surface area contributed by atoms with Crippen LogP contribution in [-0.4, -0.2) is 15.8 Å². The summed E-state index contributed by atoms with van der Waals surface area (Å²) >= 11 is 3.43. The van der Waals surface area contributed by atoms with Crippen molar-refractivity contribution >= 4 is 21.7 Å². The zero-order chi connectivity index (χ0) is 12.5. The minimum Gasteiger partial charge on any atom is -0.349 e. The number of H-pyrrole nitrogens is 1. The molecule has 3 nitrogen and oxygen atoms in total. The molecule has 1 aliphatic rings. The third kappa shape index (κ3) is 2.12. The lowest BCUT2D eigenvalue weighted by molar-refractivity contribution is 0.0900. The number of ketones is 1. The molecule has 0 saturated carbocycles. The molecule has 1 unspecified atom stereocenters. The zero-order valence-corrected chi connectivity index (χ0v) is 11.4. The second kappa shape index (κ2) is 4.69. The predicted molar refractivity (Wildman–Crippen MR) is 72.6 cm³/mol. The van der Waals surface area contributed by atoms with Gasteiger partial charge >= 0.3 is 0 Å². The highest BCUT2D eigenvalue weighted by molar-refractivity contribution is 9.10. The van der Waals surface area contributed by atoms with Gasteiger partial charge in [0.15, 0.2) is 5.78 Å². The van der Waals surface area contributed by atoms with Crippen molar-refractivity contribution in [2.75, 3.05) is 0 Å². The lowest BCUT2D eigenvalue weighted by Gasteiger charge is -2.22. The first-order valence-electron chi connectivity index (χ1n) is 6.05. The fourth-order valence-electron chi connectivity index (χ4n) is 2.51. The van der Waals surface area contributed by atoms with E-state index in [9.17, 15) is 4.79 Å². The van der Waals surface area contributed by atoms with Gasteiger partial charge in [-0.25, -0.2) is 4.98 Å². The first-order valence-corrected chi connectivity index (χ1v) is 6.84. The molecular weight excluding hydrogens is 292 g/mol. The summed E-state index contributed by atoms with van der Waals surface area (Å²) in [5, 5.41) is 0. The van der Waals surface area contributed by atoms with E-state index in [1.54, 1.807) is 12.4 Å². The molecule has 1 N–H and O–H groups in total. The molecule has 1 aromatic heterocycles. The van der Waals surface area contributed by atoms with Gasteiger partial charge in [-0.3, -0.25) is 4.79 Å². The Balaban J connectivity index is 1.87. The number of aryl methyl sites for hydroxylation is 1. The fraction of sp³-hybridized carbons (Fsp3) is 0.286. The molecule has 0 saturated heterocycles. The van der Waals surface area contributed by atoms with Crippen LogP contribution in [0.2, 0.25) is 0 Å². The fourth-order valence-corrected chi connectivity index (χ4v) is 2.88. The Labute approximate surface area is 114 Å². The monoisotopic (exact) mass is 304 g/mol. The summed E-state index contributed by atoms with van der Waals surface area (Å²) in [6, 6.07) is 5.98. The number of hydrogen-bond acceptors (Lipinski definition) is 2. The van der Waals surface area contributed by atoms with Crippen LogP contribution >= 0.6 is 15.9 Å². The molecule has 0 radical (unpaired) electrons. The second-order valence-electron chi connectivity index (χ2n) is 4.64. The molecule has 2 aromatic rings. The van der Waals surface area contributed by atoms with E-state index in [0.717, 1.165) is 28.7 Å². The number of imidazole rings is 1. The lowest BCUT2D eigenvalue weighted by atomic mass is 9.81. The second-order valence-corrected chi connectivity index (χ2v) is 5.56. The van der Waals surface area contributed by atoms with Crippen LogP contribution in [0.1, 0.15) is 28.2 Å². The average Bonchev–Trinajstić information content (AvgIpc) is 2.86. The van der Waals surface area contributed by atoms with Crippen molar-refractivity contribution in [1.29, 1.82) is 0 Å². The van der Waals surface area contributed by atoms with Crippen molar-refractivity contribution in [2.45, 2.75) is 19.3 Å². The number of benzene rings is 1. The number of aromatic amines is 1. The van der Waals surface area contributed by atoms with Crippen LogP contribution < -0.4 is 0 Å². The average molecular weight is 305 g/mol. The standard InChI is InChI=1S/C14H13BrN2O/c15-11-4-3-9-1-2-10(14(18)12(9)8-11)7-13-16-5-6-17-13/h3-6,8,10H,1-2,7H2,(H,16,17). The molecule has 1 aliphatic carbocycles. The summed E-state index contributed by atoms with van der Waals surface area (Å²) in [4.78, 5) is 19.7. The Hall–Kier alpha value is -1.42. The Morgan fingerprint density at radius 3 is 3.11 bits per heavy atom. The predicted octanol–water partition coefficient (Wildman–Crippen LogP) is 3.16. The van der Waals surface area contributed by atoms with Crippen LogP contribution in [0.15, 0.2) is 35.1 Å². The van der Waals surface area contributed by atoms with E-state index in [0.29, 0.717) is 6.42 Å². The van der Waals surface area contributed by atoms with E-state index >= 15 is 0 Å². The maximum Gasteiger partial charge on any atom is 0.166 e. The minimum absolute atomic E-state index is 0.0537. The number of carbonyl (C=O) groups excluding carboxylic acids is 1. The Morgan fingerprint density at radius 2 is 2.33 bits per heavy atom. The van der Waals surface area contributed by atoms with Crippen molar-refractivity contribution < 1.29 is 4.79 Å². The summed E-state index contributed by atoms with van der Waals surface area (Å²) in [6.07, 6.45) is 6.12. The van der Waals surface area contributed by atoms with E-state index in [4.69, 9.17) is 0 Å². The zero-order valence-electron chi connectivity index (χ0n) is 9.82. The SMILES string of the molecule is O=C1c2cc(Br)ccc2CCC1Cc1ncc[nH]1. The highest BCUT2D eigenvalue weighted by Gasteiger charge is 2.28. The smallest absolute Gasteiger partial charge is 0.166 e. The molecule has 3 rings (SSSR count). The number of nitrogens with zero attached hydrogens (tertiary/aromatic N) is 1. The Bertz CT molecular complexity index is 577. The summed E-state index contributed by atoms with van der Waals surface area (Å²) < 4.78 is 0.966. The van der Waals surface area contributed by atoms with Gasteiger partial charge in [-0.15, -0.1) is 0 Å². The highest BCUT2D eigenvalue weighted by atomic mass is 79.9. The third-order valence-corrected chi connectivity index (χ3v) is 3.96. The largest absolute Gasteiger partial charge is 0.349 e. The van der Waals surface area contributed by atoms with E-state index < -0.39 is 0 Å². The van der Waals surface area contributed by atoms with Gasteiger partial charge < -0.3 is 4.98 Å². The van der Waals surface area contributed by atoms with Crippen molar-refractivity contribution in [1.82, 2.24) is 9.97 Å². The number of aromatic nitrogens is 2. The van der Waals surface area contributed by atoms with E-state index in [2.05, 4.69) is 25.9 Å². The quantitative estimate of drug-likeness (QED) is 0.926. The summed E-state index contributed by atoms with van der Waals surface area (Å²) in [5.74, 6) is 1.19. The number of hydrogen-bond donors (Lipinski definition) is 1. The van der Waals surface area contributed by atoms with E-state index in [1.165, 1.54) is 5.56 Å². The number of fused-ring (bicyclic) bond motifs is 1. The van der Waals surface area contributed by atoms with Gasteiger partial charge in [-0.05, 0) is 30.5 Å². The van der Waals surface area contributed by atoms with Gasteiger partial charge in [0.1, 0.15) is 5.82 Å². The molecule has 0 spiro atoms. The summed E-state index contributed by atoms with van der Waals surface area (Å²) in [5.41, 5.74) is 2.03. The molecule has 92 valence electrons. The summed E-state index contributed by atoms with van der Waals surface area (Å²) in [6.45, 7) is 0. The number of nitrogens with one attached hydrogen (secondary N) is 1. The molecule has 0 aliphatic heterocycles. The van der Waals surface area contributed by atoms with Crippen molar-refractivity contribution in [3.63, 3.8) is 0 Å². The number of rotatable bonds is 2. The molecule has 4 heteroatoms. The van der Waals surface area contributed by atoms with Crippen LogP contribution in [0.25, 0.3) is 0 Å². The molecule has 1 aromatic carbocycles. The molecular formula is C14H13BrN2O. The maximum absolute atomic E-state index is 12.4. The third-order valence-electron chi connectivity index (χ3n) is 3.46. The number of carbonyl (C=O) groups is 1. The van der Waals surface area contributed by atoms with Crippen LogP contribution in [0.4, 0.5) is 0 Å². The number of halogens is 1. The summed E-state index contributed by atoms with van der Waals surface area (Å²) in [7, 11) is 0. The molecule has 18 heavy (non-hydrogen) atoms. The first kappa shape index (κ1) is 11.7. The molecule has 1 heterocycles. The topological polar surface area (TPSA) is 45.8 Å². The highest BCUT2D eigenvalue weighted by Crippen LogP contribution is 2.29. The lowest BCUT2D eigenvalue weighted by Crippen LogP contribution is -2.24. The maximum atomic E-state index is 12.4. The van der Waals surface area contributed by atoms with Crippen molar-refractivity contribution in [3.05, 3.63) is 52.0 Å². The normalized spacial score (nSPS) is 18.7. The van der Waals surface area contributed by atoms with Gasteiger partial charge in [0.25, 0.3) is 0 Å². The van der Waals surface area contributed by atoms with E-state index in [1.807, 2.05) is 18.2 Å². The van der Waals surface area contributed by atoms with Gasteiger partial charge in [-0.2, -0.15) is 0 Å². The molecule has 0 amide bonds. The van der Waals surface area contributed by atoms with Crippen LogP contribution in [0.5, 0.6) is 0 Å². The van der Waals surface area contributed by atoms with Gasteiger partial charge in [0.05, 0.1) is 0 Å².